The third kappa shape index (κ3) is 2.73. The van der Waals surface area contributed by atoms with Gasteiger partial charge in [0.15, 0.2) is 0 Å². The predicted molar refractivity (Wildman–Crippen MR) is 77.7 cm³/mol. The minimum absolute atomic E-state index is 0.0673. The van der Waals surface area contributed by atoms with E-state index < -0.39 is 17.7 Å². The Bertz CT molecular complexity index is 603. The molecule has 20 heavy (non-hydrogen) atoms. The van der Waals surface area contributed by atoms with Gasteiger partial charge in [-0.25, -0.2) is 8.78 Å². The molecule has 2 N–H and O–H groups in total. The van der Waals surface area contributed by atoms with E-state index >= 15 is 0 Å². The Balaban J connectivity index is 2.41. The number of hydrogen-bond acceptors (Lipinski definition) is 1. The molecule has 3 heteroatoms. The largest absolute Gasteiger partial charge is 0.320 e. The molecule has 0 amide bonds. The van der Waals surface area contributed by atoms with Crippen LogP contribution in [0.5, 0.6) is 0 Å². The Morgan fingerprint density at radius 1 is 0.900 bits per heavy atom. The van der Waals surface area contributed by atoms with Crippen molar-refractivity contribution < 1.29 is 8.78 Å². The topological polar surface area (TPSA) is 26.0 Å². The van der Waals surface area contributed by atoms with Crippen molar-refractivity contribution in [2.45, 2.75) is 32.7 Å². The molecule has 0 aliphatic heterocycles. The maximum Gasteiger partial charge on any atom is 0.134 e. The molecule has 1 unspecified atom stereocenters. The van der Waals surface area contributed by atoms with Gasteiger partial charge < -0.3 is 5.73 Å². The molecule has 106 valence electrons. The fourth-order valence-electron chi connectivity index (χ4n) is 2.22. The van der Waals surface area contributed by atoms with E-state index in [4.69, 9.17) is 5.73 Å². The van der Waals surface area contributed by atoms with E-state index in [1.165, 1.54) is 17.7 Å². The van der Waals surface area contributed by atoms with Crippen LogP contribution in [-0.2, 0) is 0 Å². The molecule has 0 saturated heterocycles. The molecule has 0 aromatic heterocycles. The molecule has 0 fully saturated rings. The summed E-state index contributed by atoms with van der Waals surface area (Å²) < 4.78 is 27.9. The lowest BCUT2D eigenvalue weighted by molar-refractivity contribution is 0.538. The summed E-state index contributed by atoms with van der Waals surface area (Å²) in [4.78, 5) is 0. The molecule has 0 spiro atoms. The molecule has 2 aromatic rings. The summed E-state index contributed by atoms with van der Waals surface area (Å²) in [6, 6.07) is 9.45. The Labute approximate surface area is 118 Å². The van der Waals surface area contributed by atoms with Gasteiger partial charge in [0.1, 0.15) is 11.6 Å². The van der Waals surface area contributed by atoms with Crippen LogP contribution >= 0.6 is 0 Å². The third-order valence-electron chi connectivity index (χ3n) is 3.59. The average Bonchev–Trinajstić information content (AvgIpc) is 2.43. The highest BCUT2D eigenvalue weighted by Crippen LogP contribution is 2.27. The van der Waals surface area contributed by atoms with Crippen LogP contribution in [0.4, 0.5) is 8.78 Å². The minimum Gasteiger partial charge on any atom is -0.320 e. The summed E-state index contributed by atoms with van der Waals surface area (Å²) in [6.45, 7) is 5.79. The van der Waals surface area contributed by atoms with E-state index in [0.29, 0.717) is 17.0 Å². The van der Waals surface area contributed by atoms with E-state index in [0.717, 1.165) is 0 Å². The van der Waals surface area contributed by atoms with Crippen molar-refractivity contribution in [3.63, 3.8) is 0 Å². The second-order valence-electron chi connectivity index (χ2n) is 5.39. The highest BCUT2D eigenvalue weighted by atomic mass is 19.1. The first-order valence-electron chi connectivity index (χ1n) is 6.71. The molecule has 0 heterocycles. The first-order chi connectivity index (χ1) is 9.41. The SMILES string of the molecule is Cc1ccc(F)c(C(N)c2ccc(C(C)C)cc2)c1F. The molecule has 0 aliphatic rings. The number of halogens is 2. The molecule has 0 bridgehead atoms. The van der Waals surface area contributed by atoms with Gasteiger partial charge in [-0.05, 0) is 35.6 Å². The summed E-state index contributed by atoms with van der Waals surface area (Å²) in [5, 5.41) is 0. The van der Waals surface area contributed by atoms with Crippen molar-refractivity contribution >= 4 is 0 Å². The van der Waals surface area contributed by atoms with E-state index in [1.807, 2.05) is 24.3 Å². The summed E-state index contributed by atoms with van der Waals surface area (Å²) in [6.07, 6.45) is 0. The van der Waals surface area contributed by atoms with Crippen LogP contribution in [-0.4, -0.2) is 0 Å². The van der Waals surface area contributed by atoms with Crippen molar-refractivity contribution in [3.8, 4) is 0 Å². The first-order valence-corrected chi connectivity index (χ1v) is 6.71. The smallest absolute Gasteiger partial charge is 0.134 e. The molecule has 2 rings (SSSR count). The lowest BCUT2D eigenvalue weighted by atomic mass is 9.94. The third-order valence-corrected chi connectivity index (χ3v) is 3.59. The van der Waals surface area contributed by atoms with Crippen LogP contribution in [0.25, 0.3) is 0 Å². The van der Waals surface area contributed by atoms with Gasteiger partial charge in [0, 0.05) is 5.56 Å². The van der Waals surface area contributed by atoms with Crippen molar-refractivity contribution in [2.24, 2.45) is 5.73 Å². The lowest BCUT2D eigenvalue weighted by Crippen LogP contribution is -2.16. The van der Waals surface area contributed by atoms with Crippen molar-refractivity contribution in [1.29, 1.82) is 0 Å². The molecule has 2 aromatic carbocycles. The molecule has 0 saturated carbocycles. The van der Waals surface area contributed by atoms with Gasteiger partial charge in [0.2, 0.25) is 0 Å². The Hall–Kier alpha value is -1.74. The van der Waals surface area contributed by atoms with Gasteiger partial charge in [-0.3, -0.25) is 0 Å². The maximum atomic E-state index is 14.1. The lowest BCUT2D eigenvalue weighted by Gasteiger charge is -2.16. The van der Waals surface area contributed by atoms with Crippen LogP contribution in [0.3, 0.4) is 0 Å². The molecular weight excluding hydrogens is 256 g/mol. The van der Waals surface area contributed by atoms with Crippen molar-refractivity contribution in [3.05, 3.63) is 70.3 Å². The standard InChI is InChI=1S/C17H19F2N/c1-10(2)12-5-7-13(8-6-12)17(20)15-14(18)9-4-11(3)16(15)19/h4-10,17H,20H2,1-3H3. The summed E-state index contributed by atoms with van der Waals surface area (Å²) in [7, 11) is 0. The summed E-state index contributed by atoms with van der Waals surface area (Å²) in [5.41, 5.74) is 8.24. The first kappa shape index (κ1) is 14.7. The Morgan fingerprint density at radius 2 is 1.45 bits per heavy atom. The van der Waals surface area contributed by atoms with E-state index in [1.54, 1.807) is 6.92 Å². The number of aryl methyl sites for hydroxylation is 1. The predicted octanol–water partition coefficient (Wildman–Crippen LogP) is 4.44. The normalized spacial score (nSPS) is 12.8. The zero-order valence-corrected chi connectivity index (χ0v) is 12.0. The van der Waals surface area contributed by atoms with Gasteiger partial charge in [-0.2, -0.15) is 0 Å². The fourth-order valence-corrected chi connectivity index (χ4v) is 2.22. The van der Waals surface area contributed by atoms with Crippen LogP contribution in [0.1, 0.15) is 48.1 Å². The highest BCUT2D eigenvalue weighted by molar-refractivity contribution is 5.37. The highest BCUT2D eigenvalue weighted by Gasteiger charge is 2.19. The average molecular weight is 275 g/mol. The fraction of sp³-hybridized carbons (Fsp3) is 0.294. The molecular formula is C17H19F2N. The quantitative estimate of drug-likeness (QED) is 0.880. The second kappa shape index (κ2) is 5.71. The number of hydrogen-bond donors (Lipinski definition) is 1. The second-order valence-corrected chi connectivity index (χ2v) is 5.39. The zero-order chi connectivity index (χ0) is 14.9. The Morgan fingerprint density at radius 3 is 2.00 bits per heavy atom. The number of nitrogens with two attached hydrogens (primary N) is 1. The van der Waals surface area contributed by atoms with Crippen molar-refractivity contribution in [2.75, 3.05) is 0 Å². The van der Waals surface area contributed by atoms with Gasteiger partial charge in [0.05, 0.1) is 6.04 Å². The summed E-state index contributed by atoms with van der Waals surface area (Å²) in [5.74, 6) is -0.758. The van der Waals surface area contributed by atoms with Gasteiger partial charge >= 0.3 is 0 Å². The van der Waals surface area contributed by atoms with Crippen LogP contribution in [0.15, 0.2) is 36.4 Å². The minimum atomic E-state index is -0.795. The molecule has 1 atom stereocenters. The van der Waals surface area contributed by atoms with Gasteiger partial charge in [-0.15, -0.1) is 0 Å². The van der Waals surface area contributed by atoms with E-state index in [9.17, 15) is 8.78 Å². The molecule has 1 nitrogen and oxygen atoms in total. The molecule has 0 radical (unpaired) electrons. The monoisotopic (exact) mass is 275 g/mol. The van der Waals surface area contributed by atoms with Crippen LogP contribution < -0.4 is 5.73 Å². The van der Waals surface area contributed by atoms with Crippen molar-refractivity contribution in [1.82, 2.24) is 0 Å². The van der Waals surface area contributed by atoms with Gasteiger partial charge in [0.25, 0.3) is 0 Å². The van der Waals surface area contributed by atoms with Crippen LogP contribution in [0, 0.1) is 18.6 Å². The number of rotatable bonds is 3. The van der Waals surface area contributed by atoms with E-state index in [-0.39, 0.29) is 5.56 Å². The van der Waals surface area contributed by atoms with Crippen LogP contribution in [0.2, 0.25) is 0 Å². The maximum absolute atomic E-state index is 14.1. The Kier molecular flexibility index (Phi) is 4.19. The summed E-state index contributed by atoms with van der Waals surface area (Å²) >= 11 is 0. The molecule has 0 aliphatic carbocycles. The van der Waals surface area contributed by atoms with E-state index in [2.05, 4.69) is 13.8 Å². The zero-order valence-electron chi connectivity index (χ0n) is 12.0. The number of benzene rings is 2. The van der Waals surface area contributed by atoms with Gasteiger partial charge in [-0.1, -0.05) is 44.2 Å².